The molecule has 2 atom stereocenters. The van der Waals surface area contributed by atoms with Gasteiger partial charge in [-0.3, -0.25) is 14.7 Å². The Balaban J connectivity index is 1.42. The molecule has 1 saturated carbocycles. The molecule has 1 N–H and O–H groups in total. The summed E-state index contributed by atoms with van der Waals surface area (Å²) in [7, 11) is 0. The number of nitrogens with one attached hydrogen (secondary N) is 1. The molecular formula is C22H23F6N3OS. The molecule has 1 aromatic rings. The second kappa shape index (κ2) is 8.98. The predicted octanol–water partition coefficient (Wildman–Crippen LogP) is 5.94. The molecule has 1 amide bonds. The molecule has 3 aliphatic rings. The van der Waals surface area contributed by atoms with Crippen LogP contribution in [0.4, 0.5) is 31.1 Å². The van der Waals surface area contributed by atoms with Crippen LogP contribution < -0.4 is 5.32 Å². The molecule has 2 saturated heterocycles. The number of aliphatic imine (C=N–C) groups is 1. The fourth-order valence-corrected chi connectivity index (χ4v) is 5.86. The third-order valence-electron chi connectivity index (χ3n) is 6.36. The molecule has 4 rings (SSSR count). The number of halogens is 6. The van der Waals surface area contributed by atoms with Gasteiger partial charge in [0.05, 0.1) is 16.0 Å². The van der Waals surface area contributed by atoms with Crippen LogP contribution in [0, 0.1) is 17.8 Å². The van der Waals surface area contributed by atoms with Gasteiger partial charge in [0, 0.05) is 26.2 Å². The van der Waals surface area contributed by atoms with Crippen LogP contribution in [0.5, 0.6) is 0 Å². The number of hydrogen-bond donors (Lipinski definition) is 1. The van der Waals surface area contributed by atoms with E-state index in [1.165, 1.54) is 0 Å². The van der Waals surface area contributed by atoms with E-state index in [4.69, 9.17) is 0 Å². The van der Waals surface area contributed by atoms with Gasteiger partial charge in [0.15, 0.2) is 0 Å². The number of benzene rings is 1. The number of likely N-dealkylation sites (tertiary alicyclic amines) is 1. The summed E-state index contributed by atoms with van der Waals surface area (Å²) >= 11 is 1.12. The van der Waals surface area contributed by atoms with Gasteiger partial charge in [0.25, 0.3) is 5.24 Å². The summed E-state index contributed by atoms with van der Waals surface area (Å²) in [5, 5.41) is 2.57. The normalized spacial score (nSPS) is 28.7. The van der Waals surface area contributed by atoms with Crippen molar-refractivity contribution in [2.24, 2.45) is 22.7 Å². The van der Waals surface area contributed by atoms with E-state index < -0.39 is 23.5 Å². The first-order valence-electron chi connectivity index (χ1n) is 10.7. The summed E-state index contributed by atoms with van der Waals surface area (Å²) in [6.45, 7) is 3.61. The van der Waals surface area contributed by atoms with E-state index in [-0.39, 0.29) is 29.3 Å². The van der Waals surface area contributed by atoms with Gasteiger partial charge in [0.1, 0.15) is 5.84 Å². The summed E-state index contributed by atoms with van der Waals surface area (Å²) in [4.78, 5) is 18.7. The number of amides is 1. The third-order valence-corrected chi connectivity index (χ3v) is 7.20. The minimum atomic E-state index is -4.86. The minimum Gasteiger partial charge on any atom is -0.300 e. The van der Waals surface area contributed by atoms with Crippen LogP contribution >= 0.6 is 11.8 Å². The monoisotopic (exact) mass is 491 g/mol. The molecule has 2 aliphatic heterocycles. The van der Waals surface area contributed by atoms with Crippen LogP contribution in [0.1, 0.15) is 36.5 Å². The van der Waals surface area contributed by atoms with E-state index in [0.717, 1.165) is 35.6 Å². The average Bonchev–Trinajstić information content (AvgIpc) is 3.34. The van der Waals surface area contributed by atoms with Crippen molar-refractivity contribution in [1.82, 2.24) is 10.2 Å². The second-order valence-electron chi connectivity index (χ2n) is 8.68. The van der Waals surface area contributed by atoms with Crippen molar-refractivity contribution >= 4 is 22.8 Å². The molecule has 1 aromatic carbocycles. The summed E-state index contributed by atoms with van der Waals surface area (Å²) < 4.78 is 79.1. The van der Waals surface area contributed by atoms with Crippen molar-refractivity contribution in [2.75, 3.05) is 19.6 Å². The fraction of sp³-hybridized carbons (Fsp3) is 0.545. The molecule has 4 nitrogen and oxygen atoms in total. The highest BCUT2D eigenvalue weighted by atomic mass is 32.2. The van der Waals surface area contributed by atoms with Crippen LogP contribution in [-0.4, -0.2) is 35.6 Å². The van der Waals surface area contributed by atoms with Gasteiger partial charge in [-0.2, -0.15) is 26.3 Å². The first kappa shape index (κ1) is 24.1. The van der Waals surface area contributed by atoms with E-state index in [1.807, 2.05) is 11.8 Å². The first-order chi connectivity index (χ1) is 15.4. The van der Waals surface area contributed by atoms with Crippen molar-refractivity contribution in [3.63, 3.8) is 0 Å². The molecule has 1 aliphatic carbocycles. The van der Waals surface area contributed by atoms with Crippen LogP contribution in [0.25, 0.3) is 0 Å². The Bertz CT molecular complexity index is 973. The summed E-state index contributed by atoms with van der Waals surface area (Å²) in [6, 6.07) is 1.87. The molecule has 0 radical (unpaired) electrons. The first-order valence-corrected chi connectivity index (χ1v) is 11.5. The number of hydrogen-bond acceptors (Lipinski definition) is 4. The van der Waals surface area contributed by atoms with E-state index in [0.29, 0.717) is 43.4 Å². The van der Waals surface area contributed by atoms with Crippen molar-refractivity contribution in [3.05, 3.63) is 45.9 Å². The van der Waals surface area contributed by atoms with Crippen LogP contribution in [-0.2, 0) is 18.9 Å². The smallest absolute Gasteiger partial charge is 0.300 e. The second-order valence-corrected chi connectivity index (χ2v) is 9.70. The maximum absolute atomic E-state index is 13.4. The van der Waals surface area contributed by atoms with E-state index >= 15 is 0 Å². The Morgan fingerprint density at radius 3 is 2.36 bits per heavy atom. The number of carbonyl (C=O) groups is 1. The number of carbonyl (C=O) groups excluding carboxylic acids is 1. The Kier molecular flexibility index (Phi) is 6.56. The van der Waals surface area contributed by atoms with Crippen LogP contribution in [0.3, 0.4) is 0 Å². The number of allylic oxidation sites excluding steroid dienone is 1. The molecule has 0 bridgehead atoms. The van der Waals surface area contributed by atoms with Crippen molar-refractivity contribution in [1.29, 1.82) is 0 Å². The largest absolute Gasteiger partial charge is 0.416 e. The van der Waals surface area contributed by atoms with Gasteiger partial charge in [-0.25, -0.2) is 0 Å². The topological polar surface area (TPSA) is 44.7 Å². The Morgan fingerprint density at radius 1 is 1.12 bits per heavy atom. The molecule has 180 valence electrons. The number of rotatable bonds is 4. The lowest BCUT2D eigenvalue weighted by Gasteiger charge is -2.22. The van der Waals surface area contributed by atoms with Gasteiger partial charge in [0.2, 0.25) is 0 Å². The van der Waals surface area contributed by atoms with Gasteiger partial charge < -0.3 is 5.32 Å². The van der Waals surface area contributed by atoms with Gasteiger partial charge in [-0.15, -0.1) is 0 Å². The van der Waals surface area contributed by atoms with Crippen molar-refractivity contribution < 1.29 is 31.1 Å². The quantitative estimate of drug-likeness (QED) is 0.530. The van der Waals surface area contributed by atoms with E-state index in [9.17, 15) is 31.1 Å². The highest BCUT2D eigenvalue weighted by molar-refractivity contribution is 8.18. The zero-order valence-corrected chi connectivity index (χ0v) is 18.6. The van der Waals surface area contributed by atoms with E-state index in [2.05, 4.69) is 16.4 Å². The highest BCUT2D eigenvalue weighted by Gasteiger charge is 2.42. The molecule has 2 heterocycles. The number of fused-ring (bicyclic) bond motifs is 1. The standard InChI is InChI=1S/C22H23F6N3OS/c1-2-29-19-18(33-20(32)30-19)7-12-5-14-10-31(11-15(14)6-12)9-13-3-4-16(21(23,24)25)8-17(13)22(26,27)28/h3-4,7-8,12,14-15H,2,5-6,9-11H2,1H3,(H,29,30,32). The van der Waals surface area contributed by atoms with Gasteiger partial charge >= 0.3 is 12.4 Å². The van der Waals surface area contributed by atoms with Gasteiger partial charge in [-0.1, -0.05) is 12.1 Å². The molecule has 0 spiro atoms. The maximum atomic E-state index is 13.4. The van der Waals surface area contributed by atoms with Crippen LogP contribution in [0.2, 0.25) is 0 Å². The molecular weight excluding hydrogens is 468 g/mol. The summed E-state index contributed by atoms with van der Waals surface area (Å²) in [6.07, 6.45) is -5.90. The molecule has 2 unspecified atom stereocenters. The van der Waals surface area contributed by atoms with Crippen molar-refractivity contribution in [3.8, 4) is 0 Å². The SMILES string of the molecule is CCN=C1NC(=O)SC1=CC1CC2CN(Cc3ccc(C(F)(F)F)cc3C(F)(F)F)CC2C1. The highest BCUT2D eigenvalue weighted by Crippen LogP contribution is 2.45. The Labute approximate surface area is 191 Å². The molecule has 0 aromatic heterocycles. The maximum Gasteiger partial charge on any atom is 0.416 e. The lowest BCUT2D eigenvalue weighted by Crippen LogP contribution is -2.24. The molecule has 11 heteroatoms. The van der Waals surface area contributed by atoms with Gasteiger partial charge in [-0.05, 0) is 67.0 Å². The lowest BCUT2D eigenvalue weighted by molar-refractivity contribution is -0.143. The number of thioether (sulfide) groups is 1. The Hall–Kier alpha value is -2.01. The number of nitrogens with zero attached hydrogens (tertiary/aromatic N) is 2. The number of amidine groups is 1. The van der Waals surface area contributed by atoms with E-state index in [1.54, 1.807) is 0 Å². The summed E-state index contributed by atoms with van der Waals surface area (Å²) in [5.74, 6) is 1.46. The predicted molar refractivity (Wildman–Crippen MR) is 114 cm³/mol. The zero-order valence-electron chi connectivity index (χ0n) is 17.8. The third kappa shape index (κ3) is 5.40. The minimum absolute atomic E-state index is 0.0344. The number of alkyl halides is 6. The molecule has 3 fully saturated rings. The zero-order chi connectivity index (χ0) is 24.0. The van der Waals surface area contributed by atoms with Crippen molar-refractivity contribution in [2.45, 2.75) is 38.7 Å². The Morgan fingerprint density at radius 2 is 1.79 bits per heavy atom. The molecule has 33 heavy (non-hydrogen) atoms. The fourth-order valence-electron chi connectivity index (χ4n) is 5.04. The average molecular weight is 492 g/mol. The summed E-state index contributed by atoms with van der Waals surface area (Å²) in [5.41, 5.74) is -2.66. The van der Waals surface area contributed by atoms with Crippen LogP contribution in [0.15, 0.2) is 34.2 Å². The lowest BCUT2D eigenvalue weighted by atomic mass is 10.0.